The Bertz CT molecular complexity index is 320. The first-order chi connectivity index (χ1) is 7.55. The van der Waals surface area contributed by atoms with Crippen molar-refractivity contribution in [3.63, 3.8) is 0 Å². The molecule has 1 aromatic rings. The summed E-state index contributed by atoms with van der Waals surface area (Å²) in [6.07, 6.45) is 3.62. The van der Waals surface area contributed by atoms with Crippen LogP contribution in [0, 0.1) is 0 Å². The number of aromatic hydroxyl groups is 1. The van der Waals surface area contributed by atoms with Crippen molar-refractivity contribution in [3.05, 3.63) is 29.8 Å². The van der Waals surface area contributed by atoms with Crippen molar-refractivity contribution in [2.45, 2.75) is 52.1 Å². The number of nitrogens with one attached hydrogen (secondary N) is 1. The molecule has 0 spiro atoms. The van der Waals surface area contributed by atoms with E-state index in [2.05, 4.69) is 26.1 Å². The van der Waals surface area contributed by atoms with Gasteiger partial charge in [-0.2, -0.15) is 0 Å². The number of phenolic OH excluding ortho intramolecular Hbond substituents is 1. The van der Waals surface area contributed by atoms with Crippen molar-refractivity contribution in [2.75, 3.05) is 0 Å². The Hall–Kier alpha value is -1.02. The van der Waals surface area contributed by atoms with E-state index in [1.165, 1.54) is 12.8 Å². The van der Waals surface area contributed by atoms with Gasteiger partial charge in [0.25, 0.3) is 0 Å². The zero-order valence-corrected chi connectivity index (χ0v) is 10.6. The predicted octanol–water partition coefficient (Wildman–Crippen LogP) is 3.45. The molecule has 2 heteroatoms. The Kier molecular flexibility index (Phi) is 4.81. The van der Waals surface area contributed by atoms with E-state index >= 15 is 0 Å². The summed E-state index contributed by atoms with van der Waals surface area (Å²) in [5, 5.41) is 13.1. The van der Waals surface area contributed by atoms with E-state index in [4.69, 9.17) is 0 Å². The Morgan fingerprint density at radius 3 is 2.56 bits per heavy atom. The summed E-state index contributed by atoms with van der Waals surface area (Å²) in [6.45, 7) is 7.35. The van der Waals surface area contributed by atoms with E-state index in [-0.39, 0.29) is 5.54 Å². The average molecular weight is 221 g/mol. The number of phenols is 1. The summed E-state index contributed by atoms with van der Waals surface area (Å²) in [5.74, 6) is 0.376. The minimum Gasteiger partial charge on any atom is -0.508 e. The molecule has 0 amide bonds. The topological polar surface area (TPSA) is 32.3 Å². The summed E-state index contributed by atoms with van der Waals surface area (Å²) in [5.41, 5.74) is 1.10. The van der Waals surface area contributed by atoms with Crippen molar-refractivity contribution in [1.29, 1.82) is 0 Å². The molecule has 1 rings (SSSR count). The minimum atomic E-state index is 0.137. The number of hydrogen-bond acceptors (Lipinski definition) is 2. The molecule has 0 bridgehead atoms. The zero-order valence-electron chi connectivity index (χ0n) is 10.6. The molecule has 0 heterocycles. The lowest BCUT2D eigenvalue weighted by molar-refractivity contribution is 0.346. The van der Waals surface area contributed by atoms with Crippen molar-refractivity contribution in [1.82, 2.24) is 5.32 Å². The van der Waals surface area contributed by atoms with Gasteiger partial charge in [-0.25, -0.2) is 0 Å². The lowest BCUT2D eigenvalue weighted by Crippen LogP contribution is -2.38. The molecule has 2 nitrogen and oxygen atoms in total. The first kappa shape index (κ1) is 13.0. The van der Waals surface area contributed by atoms with Crippen LogP contribution in [0.4, 0.5) is 0 Å². The molecular weight excluding hydrogens is 198 g/mol. The van der Waals surface area contributed by atoms with Crippen LogP contribution in [0.1, 0.15) is 45.6 Å². The highest BCUT2D eigenvalue weighted by atomic mass is 16.3. The van der Waals surface area contributed by atoms with Gasteiger partial charge >= 0.3 is 0 Å². The first-order valence-electron chi connectivity index (χ1n) is 6.07. The van der Waals surface area contributed by atoms with Gasteiger partial charge in [0.1, 0.15) is 5.75 Å². The molecule has 0 atom stereocenters. The number of benzene rings is 1. The Labute approximate surface area is 98.7 Å². The highest BCUT2D eigenvalue weighted by Gasteiger charge is 2.16. The number of rotatable bonds is 6. The number of para-hydroxylation sites is 1. The monoisotopic (exact) mass is 221 g/mol. The maximum atomic E-state index is 9.64. The van der Waals surface area contributed by atoms with Gasteiger partial charge < -0.3 is 10.4 Å². The normalized spacial score (nSPS) is 11.7. The molecule has 2 N–H and O–H groups in total. The fourth-order valence-electron chi connectivity index (χ4n) is 1.70. The molecule has 0 fully saturated rings. The van der Waals surface area contributed by atoms with Gasteiger partial charge in [0.15, 0.2) is 0 Å². The van der Waals surface area contributed by atoms with E-state index in [1.807, 2.05) is 18.2 Å². The molecule has 90 valence electrons. The highest BCUT2D eigenvalue weighted by Crippen LogP contribution is 2.18. The lowest BCUT2D eigenvalue weighted by atomic mass is 9.97. The average Bonchev–Trinajstić information content (AvgIpc) is 2.26. The quantitative estimate of drug-likeness (QED) is 0.771. The summed E-state index contributed by atoms with van der Waals surface area (Å²) in [7, 11) is 0. The highest BCUT2D eigenvalue weighted by molar-refractivity contribution is 5.31. The van der Waals surface area contributed by atoms with Crippen molar-refractivity contribution in [3.8, 4) is 5.75 Å². The third-order valence-electron chi connectivity index (χ3n) is 2.90. The fraction of sp³-hybridized carbons (Fsp3) is 0.571. The van der Waals surface area contributed by atoms with Gasteiger partial charge in [-0.3, -0.25) is 0 Å². The molecule has 0 saturated carbocycles. The molecule has 0 aliphatic rings. The van der Waals surface area contributed by atoms with Gasteiger partial charge in [-0.1, -0.05) is 38.0 Å². The molecule has 1 aromatic carbocycles. The second kappa shape index (κ2) is 5.90. The third-order valence-corrected chi connectivity index (χ3v) is 2.90. The standard InChI is InChI=1S/C14H23NO/c1-4-5-10-14(2,3)15-11-12-8-6-7-9-13(12)16/h6-9,15-16H,4-5,10-11H2,1-3H3. The second-order valence-corrected chi connectivity index (χ2v) is 4.97. The Morgan fingerprint density at radius 2 is 1.94 bits per heavy atom. The third kappa shape index (κ3) is 4.23. The predicted molar refractivity (Wildman–Crippen MR) is 68.6 cm³/mol. The van der Waals surface area contributed by atoms with Crippen LogP contribution in [0.2, 0.25) is 0 Å². The number of unbranched alkanes of at least 4 members (excludes halogenated alkanes) is 1. The van der Waals surface area contributed by atoms with Gasteiger partial charge in [0, 0.05) is 17.6 Å². The van der Waals surface area contributed by atoms with Crippen LogP contribution in [0.15, 0.2) is 24.3 Å². The van der Waals surface area contributed by atoms with Crippen LogP contribution in [-0.4, -0.2) is 10.6 Å². The van der Waals surface area contributed by atoms with Gasteiger partial charge in [0.05, 0.1) is 0 Å². The largest absolute Gasteiger partial charge is 0.508 e. The maximum Gasteiger partial charge on any atom is 0.120 e. The molecule has 0 radical (unpaired) electrons. The van der Waals surface area contributed by atoms with Crippen LogP contribution >= 0.6 is 0 Å². The van der Waals surface area contributed by atoms with Gasteiger partial charge in [-0.15, -0.1) is 0 Å². The molecule has 0 unspecified atom stereocenters. The van der Waals surface area contributed by atoms with Crippen LogP contribution in [-0.2, 0) is 6.54 Å². The van der Waals surface area contributed by atoms with E-state index < -0.39 is 0 Å². The Morgan fingerprint density at radius 1 is 1.25 bits per heavy atom. The first-order valence-corrected chi connectivity index (χ1v) is 6.07. The van der Waals surface area contributed by atoms with E-state index in [0.29, 0.717) is 5.75 Å². The van der Waals surface area contributed by atoms with Crippen LogP contribution in [0.3, 0.4) is 0 Å². The fourth-order valence-corrected chi connectivity index (χ4v) is 1.70. The van der Waals surface area contributed by atoms with E-state index in [0.717, 1.165) is 18.5 Å². The lowest BCUT2D eigenvalue weighted by Gasteiger charge is -2.26. The second-order valence-electron chi connectivity index (χ2n) is 4.97. The van der Waals surface area contributed by atoms with E-state index in [1.54, 1.807) is 6.07 Å². The molecule has 0 saturated heterocycles. The summed E-state index contributed by atoms with van der Waals surface area (Å²) < 4.78 is 0. The van der Waals surface area contributed by atoms with Crippen LogP contribution in [0.5, 0.6) is 5.75 Å². The molecule has 0 aliphatic carbocycles. The maximum absolute atomic E-state index is 9.64. The summed E-state index contributed by atoms with van der Waals surface area (Å²) >= 11 is 0. The molecule has 0 aliphatic heterocycles. The van der Waals surface area contributed by atoms with Gasteiger partial charge in [-0.05, 0) is 26.3 Å². The number of hydrogen-bond donors (Lipinski definition) is 2. The molecule has 0 aromatic heterocycles. The minimum absolute atomic E-state index is 0.137. The van der Waals surface area contributed by atoms with Crippen molar-refractivity contribution >= 4 is 0 Å². The van der Waals surface area contributed by atoms with Crippen molar-refractivity contribution < 1.29 is 5.11 Å². The summed E-state index contributed by atoms with van der Waals surface area (Å²) in [4.78, 5) is 0. The van der Waals surface area contributed by atoms with Gasteiger partial charge in [0.2, 0.25) is 0 Å². The van der Waals surface area contributed by atoms with E-state index in [9.17, 15) is 5.11 Å². The molecule has 16 heavy (non-hydrogen) atoms. The van der Waals surface area contributed by atoms with Crippen LogP contribution in [0.25, 0.3) is 0 Å². The molecular formula is C14H23NO. The SMILES string of the molecule is CCCCC(C)(C)NCc1ccccc1O. The smallest absolute Gasteiger partial charge is 0.120 e. The van der Waals surface area contributed by atoms with Crippen LogP contribution < -0.4 is 5.32 Å². The zero-order chi connectivity index (χ0) is 12.0. The Balaban J connectivity index is 2.47. The summed E-state index contributed by atoms with van der Waals surface area (Å²) in [6, 6.07) is 7.49. The van der Waals surface area contributed by atoms with Crippen molar-refractivity contribution in [2.24, 2.45) is 0 Å².